The van der Waals surface area contributed by atoms with Crippen molar-refractivity contribution >= 4 is 17.3 Å². The van der Waals surface area contributed by atoms with Gasteiger partial charge in [-0.05, 0) is 24.3 Å². The van der Waals surface area contributed by atoms with E-state index >= 15 is 0 Å². The zero-order valence-electron chi connectivity index (χ0n) is 10.8. The van der Waals surface area contributed by atoms with Gasteiger partial charge in [-0.1, -0.05) is 23.7 Å². The summed E-state index contributed by atoms with van der Waals surface area (Å²) in [5, 5.41) is 12.5. The summed E-state index contributed by atoms with van der Waals surface area (Å²) in [4.78, 5) is 0. The van der Waals surface area contributed by atoms with Crippen LogP contribution in [0.5, 0.6) is 5.75 Å². The quantitative estimate of drug-likeness (QED) is 0.926. The van der Waals surface area contributed by atoms with Gasteiger partial charge in [-0.2, -0.15) is 5.26 Å². The van der Waals surface area contributed by atoms with Crippen LogP contribution in [-0.2, 0) is 6.54 Å². The van der Waals surface area contributed by atoms with Crippen molar-refractivity contribution in [3.63, 3.8) is 0 Å². The Balaban J connectivity index is 2.21. The molecule has 0 unspecified atom stereocenters. The highest BCUT2D eigenvalue weighted by Gasteiger charge is 2.09. The van der Waals surface area contributed by atoms with E-state index < -0.39 is 5.82 Å². The number of hydrogen-bond acceptors (Lipinski definition) is 3. The van der Waals surface area contributed by atoms with E-state index in [0.717, 1.165) is 0 Å². The van der Waals surface area contributed by atoms with Crippen LogP contribution < -0.4 is 10.1 Å². The summed E-state index contributed by atoms with van der Waals surface area (Å²) in [7, 11) is 1.42. The van der Waals surface area contributed by atoms with E-state index in [0.29, 0.717) is 21.8 Å². The number of nitrogens with zero attached hydrogens (tertiary/aromatic N) is 1. The summed E-state index contributed by atoms with van der Waals surface area (Å²) in [6.07, 6.45) is 0. The van der Waals surface area contributed by atoms with Crippen LogP contribution in [0.3, 0.4) is 0 Å². The van der Waals surface area contributed by atoms with E-state index in [4.69, 9.17) is 21.6 Å². The van der Waals surface area contributed by atoms with Gasteiger partial charge in [0.1, 0.15) is 6.07 Å². The zero-order chi connectivity index (χ0) is 14.5. The first kappa shape index (κ1) is 14.2. The van der Waals surface area contributed by atoms with E-state index in [9.17, 15) is 4.39 Å². The monoisotopic (exact) mass is 290 g/mol. The summed E-state index contributed by atoms with van der Waals surface area (Å²) < 4.78 is 18.9. The lowest BCUT2D eigenvalue weighted by Crippen LogP contribution is -2.04. The molecule has 0 bridgehead atoms. The van der Waals surface area contributed by atoms with Gasteiger partial charge < -0.3 is 10.1 Å². The minimum atomic E-state index is -0.414. The molecule has 0 radical (unpaired) electrons. The van der Waals surface area contributed by atoms with Gasteiger partial charge in [0, 0.05) is 17.1 Å². The van der Waals surface area contributed by atoms with Crippen molar-refractivity contribution in [1.29, 1.82) is 5.26 Å². The third kappa shape index (κ3) is 3.01. The fraction of sp³-hybridized carbons (Fsp3) is 0.133. The predicted octanol–water partition coefficient (Wildman–Crippen LogP) is 3.97. The molecule has 0 heterocycles. The maximum Gasteiger partial charge on any atom is 0.170 e. The smallest absolute Gasteiger partial charge is 0.170 e. The SMILES string of the molecule is COc1cccc(CNc2cc(Cl)ccc2C#N)c1F. The Morgan fingerprint density at radius 1 is 1.35 bits per heavy atom. The summed E-state index contributed by atoms with van der Waals surface area (Å²) in [5.74, 6) is -0.223. The van der Waals surface area contributed by atoms with Crippen molar-refractivity contribution in [2.24, 2.45) is 0 Å². The molecule has 102 valence electrons. The summed E-state index contributed by atoms with van der Waals surface area (Å²) >= 11 is 5.89. The molecule has 0 saturated carbocycles. The molecular weight excluding hydrogens is 279 g/mol. The largest absolute Gasteiger partial charge is 0.494 e. The molecule has 20 heavy (non-hydrogen) atoms. The van der Waals surface area contributed by atoms with Crippen molar-refractivity contribution in [3.05, 3.63) is 58.4 Å². The van der Waals surface area contributed by atoms with Gasteiger partial charge in [0.2, 0.25) is 0 Å². The Morgan fingerprint density at radius 3 is 2.85 bits per heavy atom. The van der Waals surface area contributed by atoms with Crippen molar-refractivity contribution in [3.8, 4) is 11.8 Å². The number of nitrogens with one attached hydrogen (secondary N) is 1. The third-order valence-electron chi connectivity index (χ3n) is 2.83. The molecule has 3 nitrogen and oxygen atoms in total. The molecule has 0 aliphatic heterocycles. The number of anilines is 1. The van der Waals surface area contributed by atoms with Crippen molar-refractivity contribution < 1.29 is 9.13 Å². The first-order chi connectivity index (χ1) is 9.65. The Kier molecular flexibility index (Phi) is 4.44. The number of benzene rings is 2. The molecule has 0 aliphatic carbocycles. The third-order valence-corrected chi connectivity index (χ3v) is 3.07. The van der Waals surface area contributed by atoms with E-state index in [2.05, 4.69) is 11.4 Å². The van der Waals surface area contributed by atoms with Crippen LogP contribution >= 0.6 is 11.6 Å². The average Bonchev–Trinajstić information content (AvgIpc) is 2.46. The van der Waals surface area contributed by atoms with Crippen LogP contribution in [0, 0.1) is 17.1 Å². The number of hydrogen-bond donors (Lipinski definition) is 1. The summed E-state index contributed by atoms with van der Waals surface area (Å²) in [6.45, 7) is 0.234. The molecule has 1 N–H and O–H groups in total. The van der Waals surface area contributed by atoms with Crippen LogP contribution in [0.4, 0.5) is 10.1 Å². The number of methoxy groups -OCH3 is 1. The van der Waals surface area contributed by atoms with Crippen LogP contribution in [0.1, 0.15) is 11.1 Å². The topological polar surface area (TPSA) is 45.0 Å². The van der Waals surface area contributed by atoms with E-state index in [1.165, 1.54) is 7.11 Å². The second-order valence-electron chi connectivity index (χ2n) is 4.09. The van der Waals surface area contributed by atoms with Gasteiger partial charge in [-0.15, -0.1) is 0 Å². The fourth-order valence-corrected chi connectivity index (χ4v) is 1.97. The van der Waals surface area contributed by atoms with Crippen LogP contribution in [0.2, 0.25) is 5.02 Å². The fourth-order valence-electron chi connectivity index (χ4n) is 1.80. The highest BCUT2D eigenvalue weighted by Crippen LogP contribution is 2.23. The summed E-state index contributed by atoms with van der Waals surface area (Å²) in [5.41, 5.74) is 1.48. The Bertz CT molecular complexity index is 667. The lowest BCUT2D eigenvalue weighted by molar-refractivity contribution is 0.384. The van der Waals surface area contributed by atoms with Gasteiger partial charge >= 0.3 is 0 Å². The molecule has 0 aromatic heterocycles. The molecule has 0 spiro atoms. The second kappa shape index (κ2) is 6.27. The van der Waals surface area contributed by atoms with Crippen LogP contribution in [0.15, 0.2) is 36.4 Å². The Hall–Kier alpha value is -2.25. The van der Waals surface area contributed by atoms with Gasteiger partial charge in [0.05, 0.1) is 18.4 Å². The molecular formula is C15H12ClFN2O. The predicted molar refractivity (Wildman–Crippen MR) is 76.4 cm³/mol. The lowest BCUT2D eigenvalue weighted by atomic mass is 10.1. The van der Waals surface area contributed by atoms with Gasteiger partial charge in [-0.25, -0.2) is 4.39 Å². The minimum Gasteiger partial charge on any atom is -0.494 e. The van der Waals surface area contributed by atoms with Crippen LogP contribution in [0.25, 0.3) is 0 Å². The summed E-state index contributed by atoms with van der Waals surface area (Å²) in [6, 6.07) is 11.9. The number of rotatable bonds is 4. The van der Waals surface area contributed by atoms with Crippen molar-refractivity contribution in [2.45, 2.75) is 6.54 Å². The number of nitriles is 1. The van der Waals surface area contributed by atoms with Crippen molar-refractivity contribution in [1.82, 2.24) is 0 Å². The Labute approximate surface area is 121 Å². The van der Waals surface area contributed by atoms with E-state index in [1.54, 1.807) is 36.4 Å². The number of ether oxygens (including phenoxy) is 1. The molecule has 2 rings (SSSR count). The molecule has 2 aromatic carbocycles. The normalized spacial score (nSPS) is 9.90. The van der Waals surface area contributed by atoms with Gasteiger partial charge in [0.15, 0.2) is 11.6 Å². The minimum absolute atomic E-state index is 0.191. The van der Waals surface area contributed by atoms with E-state index in [-0.39, 0.29) is 12.3 Å². The first-order valence-electron chi connectivity index (χ1n) is 5.90. The maximum atomic E-state index is 14.0. The molecule has 0 amide bonds. The average molecular weight is 291 g/mol. The molecule has 0 atom stereocenters. The molecule has 0 saturated heterocycles. The molecule has 2 aromatic rings. The zero-order valence-corrected chi connectivity index (χ0v) is 11.5. The van der Waals surface area contributed by atoms with E-state index in [1.807, 2.05) is 0 Å². The maximum absolute atomic E-state index is 14.0. The number of halogens is 2. The van der Waals surface area contributed by atoms with Gasteiger partial charge in [0.25, 0.3) is 0 Å². The van der Waals surface area contributed by atoms with Crippen molar-refractivity contribution in [2.75, 3.05) is 12.4 Å². The Morgan fingerprint density at radius 2 is 2.15 bits per heavy atom. The first-order valence-corrected chi connectivity index (χ1v) is 6.28. The van der Waals surface area contributed by atoms with Gasteiger partial charge in [-0.3, -0.25) is 0 Å². The molecule has 0 aliphatic rings. The van der Waals surface area contributed by atoms with Crippen LogP contribution in [-0.4, -0.2) is 7.11 Å². The molecule has 0 fully saturated rings. The molecule has 5 heteroatoms. The lowest BCUT2D eigenvalue weighted by Gasteiger charge is -2.11. The standard InChI is InChI=1S/C15H12ClFN2O/c1-20-14-4-2-3-11(15(14)17)9-19-13-7-12(16)6-5-10(13)8-18/h2-7,19H,9H2,1H3. The highest BCUT2D eigenvalue weighted by molar-refractivity contribution is 6.30. The highest BCUT2D eigenvalue weighted by atomic mass is 35.5. The second-order valence-corrected chi connectivity index (χ2v) is 4.53.